The highest BCUT2D eigenvalue weighted by Gasteiger charge is 1.93. The van der Waals surface area contributed by atoms with Gasteiger partial charge in [0.2, 0.25) is 5.91 Å². The average Bonchev–Trinajstić information content (AvgIpc) is 1.98. The highest BCUT2D eigenvalue weighted by Crippen LogP contribution is 1.68. The number of likely N-dealkylation sites (N-methyl/N-ethyl adjacent to an activating group) is 1. The SMILES string of the molecule is C#CCCNCC(=O)NC. The minimum Gasteiger partial charge on any atom is -0.358 e. The predicted octanol–water partition coefficient (Wildman–Crippen LogP) is -0.655. The highest BCUT2D eigenvalue weighted by molar-refractivity contribution is 5.77. The first kappa shape index (κ1) is 8.99. The van der Waals surface area contributed by atoms with Gasteiger partial charge in [0.25, 0.3) is 0 Å². The molecule has 56 valence electrons. The maximum absolute atomic E-state index is 10.5. The molecule has 1 amide bonds. The van der Waals surface area contributed by atoms with Crippen LogP contribution in [0.4, 0.5) is 0 Å². The Labute approximate surface area is 61.2 Å². The Morgan fingerprint density at radius 2 is 2.40 bits per heavy atom. The molecule has 10 heavy (non-hydrogen) atoms. The Hall–Kier alpha value is -1.01. The molecule has 0 aromatic carbocycles. The van der Waals surface area contributed by atoms with Gasteiger partial charge in [0, 0.05) is 20.0 Å². The minimum atomic E-state index is -0.0166. The van der Waals surface area contributed by atoms with E-state index in [9.17, 15) is 4.79 Å². The van der Waals surface area contributed by atoms with Gasteiger partial charge in [0.15, 0.2) is 0 Å². The number of hydrogen-bond acceptors (Lipinski definition) is 2. The Balaban J connectivity index is 3.05. The van der Waals surface area contributed by atoms with Crippen molar-refractivity contribution in [1.29, 1.82) is 0 Å². The van der Waals surface area contributed by atoms with Crippen LogP contribution in [0.2, 0.25) is 0 Å². The molecule has 0 aromatic heterocycles. The molecule has 0 fully saturated rings. The van der Waals surface area contributed by atoms with Crippen molar-refractivity contribution in [1.82, 2.24) is 10.6 Å². The van der Waals surface area contributed by atoms with Crippen molar-refractivity contribution in [2.24, 2.45) is 0 Å². The van der Waals surface area contributed by atoms with Crippen LogP contribution in [0.1, 0.15) is 6.42 Å². The number of nitrogens with one attached hydrogen (secondary N) is 2. The maximum Gasteiger partial charge on any atom is 0.233 e. The summed E-state index contributed by atoms with van der Waals surface area (Å²) in [4.78, 5) is 10.5. The van der Waals surface area contributed by atoms with Crippen molar-refractivity contribution in [2.45, 2.75) is 6.42 Å². The van der Waals surface area contributed by atoms with Crippen molar-refractivity contribution < 1.29 is 4.79 Å². The fourth-order valence-electron chi connectivity index (χ4n) is 0.451. The lowest BCUT2D eigenvalue weighted by Gasteiger charge is -1.99. The van der Waals surface area contributed by atoms with E-state index in [-0.39, 0.29) is 5.91 Å². The predicted molar refractivity (Wildman–Crippen MR) is 40.4 cm³/mol. The summed E-state index contributed by atoms with van der Waals surface area (Å²) in [6, 6.07) is 0. The molecule has 0 atom stereocenters. The average molecular weight is 140 g/mol. The second-order valence-electron chi connectivity index (χ2n) is 1.80. The third-order valence-electron chi connectivity index (χ3n) is 1.01. The summed E-state index contributed by atoms with van der Waals surface area (Å²) in [6.07, 6.45) is 5.65. The van der Waals surface area contributed by atoms with E-state index in [1.165, 1.54) is 0 Å². The molecule has 0 radical (unpaired) electrons. The molecule has 2 N–H and O–H groups in total. The van der Waals surface area contributed by atoms with Gasteiger partial charge in [-0.05, 0) is 0 Å². The Morgan fingerprint density at radius 3 is 2.90 bits per heavy atom. The largest absolute Gasteiger partial charge is 0.358 e. The van der Waals surface area contributed by atoms with E-state index in [0.717, 1.165) is 0 Å². The van der Waals surface area contributed by atoms with Gasteiger partial charge in [0.1, 0.15) is 0 Å². The number of hydrogen-bond donors (Lipinski definition) is 2. The molecule has 0 aliphatic heterocycles. The van der Waals surface area contributed by atoms with Gasteiger partial charge >= 0.3 is 0 Å². The van der Waals surface area contributed by atoms with Crippen LogP contribution in [0.25, 0.3) is 0 Å². The van der Waals surface area contributed by atoms with Crippen LogP contribution in [-0.4, -0.2) is 26.0 Å². The summed E-state index contributed by atoms with van der Waals surface area (Å²) in [7, 11) is 1.60. The molecule has 0 saturated heterocycles. The van der Waals surface area contributed by atoms with Crippen molar-refractivity contribution >= 4 is 5.91 Å². The molecule has 0 unspecified atom stereocenters. The first-order chi connectivity index (χ1) is 4.81. The molecule has 0 aromatic rings. The van der Waals surface area contributed by atoms with E-state index >= 15 is 0 Å². The molecule has 0 rings (SSSR count). The van der Waals surface area contributed by atoms with E-state index < -0.39 is 0 Å². The van der Waals surface area contributed by atoms with Crippen molar-refractivity contribution in [3.63, 3.8) is 0 Å². The fraction of sp³-hybridized carbons (Fsp3) is 0.571. The normalized spacial score (nSPS) is 8.40. The monoisotopic (exact) mass is 140 g/mol. The Kier molecular flexibility index (Phi) is 5.50. The summed E-state index contributed by atoms with van der Waals surface area (Å²) in [5.41, 5.74) is 0. The summed E-state index contributed by atoms with van der Waals surface area (Å²) in [5, 5.41) is 5.37. The summed E-state index contributed by atoms with van der Waals surface area (Å²) in [5.74, 6) is 2.45. The van der Waals surface area contributed by atoms with Crippen molar-refractivity contribution in [3.8, 4) is 12.3 Å². The molecule has 0 heterocycles. The van der Waals surface area contributed by atoms with Crippen LogP contribution >= 0.6 is 0 Å². The molecule has 0 aliphatic carbocycles. The maximum atomic E-state index is 10.5. The third-order valence-corrected chi connectivity index (χ3v) is 1.01. The number of carbonyl (C=O) groups excluding carboxylic acids is 1. The van der Waals surface area contributed by atoms with E-state index in [4.69, 9.17) is 6.42 Å². The summed E-state index contributed by atoms with van der Waals surface area (Å²) >= 11 is 0. The second-order valence-corrected chi connectivity index (χ2v) is 1.80. The third kappa shape index (κ3) is 5.13. The molecule has 3 heteroatoms. The number of carbonyl (C=O) groups is 1. The van der Waals surface area contributed by atoms with E-state index in [0.29, 0.717) is 19.5 Å². The first-order valence-corrected chi connectivity index (χ1v) is 3.16. The molecule has 0 aliphatic rings. The number of amides is 1. The summed E-state index contributed by atoms with van der Waals surface area (Å²) < 4.78 is 0. The lowest BCUT2D eigenvalue weighted by Crippen LogP contribution is -2.31. The van der Waals surface area contributed by atoms with Gasteiger partial charge in [-0.2, -0.15) is 0 Å². The first-order valence-electron chi connectivity index (χ1n) is 3.16. The zero-order valence-electron chi connectivity index (χ0n) is 6.11. The topological polar surface area (TPSA) is 41.1 Å². The van der Waals surface area contributed by atoms with Crippen LogP contribution in [-0.2, 0) is 4.79 Å². The van der Waals surface area contributed by atoms with Crippen LogP contribution in [0, 0.1) is 12.3 Å². The van der Waals surface area contributed by atoms with Gasteiger partial charge in [-0.3, -0.25) is 4.79 Å². The van der Waals surface area contributed by atoms with Crippen LogP contribution in [0.5, 0.6) is 0 Å². The second kappa shape index (κ2) is 6.12. The minimum absolute atomic E-state index is 0.0166. The van der Waals surface area contributed by atoms with Crippen LogP contribution < -0.4 is 10.6 Å². The lowest BCUT2D eigenvalue weighted by atomic mass is 10.4. The number of rotatable bonds is 4. The summed E-state index contributed by atoms with van der Waals surface area (Å²) in [6.45, 7) is 1.04. The zero-order chi connectivity index (χ0) is 7.82. The van der Waals surface area contributed by atoms with Crippen LogP contribution in [0.3, 0.4) is 0 Å². The molecule has 3 nitrogen and oxygen atoms in total. The Morgan fingerprint density at radius 1 is 1.70 bits per heavy atom. The van der Waals surface area contributed by atoms with Gasteiger partial charge in [-0.15, -0.1) is 12.3 Å². The highest BCUT2D eigenvalue weighted by atomic mass is 16.1. The van der Waals surface area contributed by atoms with Crippen molar-refractivity contribution in [2.75, 3.05) is 20.1 Å². The van der Waals surface area contributed by atoms with Crippen molar-refractivity contribution in [3.05, 3.63) is 0 Å². The molecular formula is C7H12N2O. The van der Waals surface area contributed by atoms with E-state index in [1.54, 1.807) is 7.05 Å². The lowest BCUT2D eigenvalue weighted by molar-refractivity contribution is -0.119. The zero-order valence-corrected chi connectivity index (χ0v) is 6.11. The number of terminal acetylenes is 1. The van der Waals surface area contributed by atoms with Gasteiger partial charge in [0.05, 0.1) is 6.54 Å². The Bertz CT molecular complexity index is 137. The van der Waals surface area contributed by atoms with Gasteiger partial charge in [-0.25, -0.2) is 0 Å². The van der Waals surface area contributed by atoms with Crippen LogP contribution in [0.15, 0.2) is 0 Å². The molecule has 0 saturated carbocycles. The molecular weight excluding hydrogens is 128 g/mol. The van der Waals surface area contributed by atoms with E-state index in [1.807, 2.05) is 0 Å². The fourth-order valence-corrected chi connectivity index (χ4v) is 0.451. The molecule has 0 bridgehead atoms. The standard InChI is InChI=1S/C7H12N2O/c1-3-4-5-9-6-7(10)8-2/h1,9H,4-6H2,2H3,(H,8,10). The van der Waals surface area contributed by atoms with Gasteiger partial charge in [-0.1, -0.05) is 0 Å². The molecule has 0 spiro atoms. The smallest absolute Gasteiger partial charge is 0.233 e. The van der Waals surface area contributed by atoms with Gasteiger partial charge < -0.3 is 10.6 Å². The quantitative estimate of drug-likeness (QED) is 0.402. The van der Waals surface area contributed by atoms with E-state index in [2.05, 4.69) is 16.6 Å².